The molecule has 6 heteroatoms. The molecule has 5 nitrogen and oxygen atoms in total. The number of hydrogen-bond acceptors (Lipinski definition) is 4. The standard InChI is InChI=1S/C11H25NO4Si/c1-5-12(9-7-11(13)14)8-6-10(2)17(15-3)16-4/h10,17H,5-9H2,1-4H3,(H,13,14). The number of nitrogens with zero attached hydrogens (tertiary/aromatic N) is 1. The molecule has 0 fully saturated rings. The first-order chi connectivity index (χ1) is 8.04. The van der Waals surface area contributed by atoms with Crippen molar-refractivity contribution in [1.29, 1.82) is 0 Å². The molecule has 0 radical (unpaired) electrons. The molecule has 17 heavy (non-hydrogen) atoms. The minimum atomic E-state index is -1.54. The Bertz CT molecular complexity index is 212. The Hall–Kier alpha value is -0.433. The molecule has 0 aliphatic carbocycles. The van der Waals surface area contributed by atoms with Gasteiger partial charge in [-0.05, 0) is 25.1 Å². The van der Waals surface area contributed by atoms with Crippen molar-refractivity contribution in [3.8, 4) is 0 Å². The lowest BCUT2D eigenvalue weighted by Gasteiger charge is -2.24. The molecule has 0 amide bonds. The van der Waals surface area contributed by atoms with E-state index in [0.717, 1.165) is 19.5 Å². The van der Waals surface area contributed by atoms with Gasteiger partial charge in [0.25, 0.3) is 0 Å². The smallest absolute Gasteiger partial charge is 0.323 e. The highest BCUT2D eigenvalue weighted by Crippen LogP contribution is 2.16. The summed E-state index contributed by atoms with van der Waals surface area (Å²) in [6.07, 6.45) is 1.20. The summed E-state index contributed by atoms with van der Waals surface area (Å²) in [5.74, 6) is -0.738. The highest BCUT2D eigenvalue weighted by molar-refractivity contribution is 6.46. The molecule has 0 aromatic carbocycles. The van der Waals surface area contributed by atoms with Gasteiger partial charge in [0.15, 0.2) is 0 Å². The maximum absolute atomic E-state index is 10.5. The van der Waals surface area contributed by atoms with Gasteiger partial charge in [-0.25, -0.2) is 0 Å². The molecule has 0 saturated carbocycles. The predicted molar refractivity (Wildman–Crippen MR) is 69.6 cm³/mol. The van der Waals surface area contributed by atoms with E-state index in [-0.39, 0.29) is 6.42 Å². The summed E-state index contributed by atoms with van der Waals surface area (Å²) in [4.78, 5) is 12.7. The molecule has 0 spiro atoms. The maximum Gasteiger partial charge on any atom is 0.323 e. The summed E-state index contributed by atoms with van der Waals surface area (Å²) >= 11 is 0. The summed E-state index contributed by atoms with van der Waals surface area (Å²) in [5.41, 5.74) is 0.434. The van der Waals surface area contributed by atoms with E-state index in [2.05, 4.69) is 11.8 Å². The van der Waals surface area contributed by atoms with Crippen LogP contribution in [0.1, 0.15) is 26.7 Å². The van der Waals surface area contributed by atoms with Gasteiger partial charge < -0.3 is 18.9 Å². The number of carboxylic acid groups (broad SMARTS) is 1. The number of rotatable bonds is 10. The van der Waals surface area contributed by atoms with E-state index >= 15 is 0 Å². The van der Waals surface area contributed by atoms with Crippen molar-refractivity contribution < 1.29 is 18.8 Å². The quantitative estimate of drug-likeness (QED) is 0.598. The van der Waals surface area contributed by atoms with E-state index < -0.39 is 15.3 Å². The van der Waals surface area contributed by atoms with Crippen LogP contribution in [0.3, 0.4) is 0 Å². The first-order valence-corrected chi connectivity index (χ1v) is 7.65. The van der Waals surface area contributed by atoms with Crippen molar-refractivity contribution >= 4 is 15.3 Å². The lowest BCUT2D eigenvalue weighted by atomic mass is 10.3. The van der Waals surface area contributed by atoms with Gasteiger partial charge in [-0.3, -0.25) is 4.79 Å². The van der Waals surface area contributed by atoms with Gasteiger partial charge in [0, 0.05) is 20.8 Å². The Kier molecular flexibility index (Phi) is 9.34. The summed E-state index contributed by atoms with van der Waals surface area (Å²) < 4.78 is 10.7. The van der Waals surface area contributed by atoms with Crippen molar-refractivity contribution in [1.82, 2.24) is 4.90 Å². The average Bonchev–Trinajstić information content (AvgIpc) is 2.30. The Balaban J connectivity index is 3.92. The van der Waals surface area contributed by atoms with Crippen molar-refractivity contribution in [2.75, 3.05) is 33.9 Å². The van der Waals surface area contributed by atoms with E-state index in [4.69, 9.17) is 14.0 Å². The third-order valence-corrected chi connectivity index (χ3v) is 5.11. The van der Waals surface area contributed by atoms with E-state index in [1.807, 2.05) is 6.92 Å². The van der Waals surface area contributed by atoms with Crippen LogP contribution in [0.4, 0.5) is 0 Å². The predicted octanol–water partition coefficient (Wildman–Crippen LogP) is 1.08. The lowest BCUT2D eigenvalue weighted by Crippen LogP contribution is -2.31. The highest BCUT2D eigenvalue weighted by atomic mass is 28.3. The first-order valence-electron chi connectivity index (χ1n) is 6.04. The number of carboxylic acids is 1. The molecule has 0 rings (SSSR count). The van der Waals surface area contributed by atoms with Crippen LogP contribution in [0.25, 0.3) is 0 Å². The normalized spacial score (nSPS) is 13.3. The summed E-state index contributed by atoms with van der Waals surface area (Å²) in [6, 6.07) is 0. The highest BCUT2D eigenvalue weighted by Gasteiger charge is 2.20. The SMILES string of the molecule is CCN(CCC(=O)O)CCC(C)[SiH](OC)OC. The number of aliphatic carboxylic acids is 1. The second-order valence-electron chi connectivity index (χ2n) is 4.18. The van der Waals surface area contributed by atoms with E-state index in [0.29, 0.717) is 12.1 Å². The molecular weight excluding hydrogens is 238 g/mol. The van der Waals surface area contributed by atoms with Gasteiger partial charge in [-0.15, -0.1) is 0 Å². The summed E-state index contributed by atoms with van der Waals surface area (Å²) in [5, 5.41) is 8.64. The minimum absolute atomic E-state index is 0.206. The van der Waals surface area contributed by atoms with Crippen LogP contribution < -0.4 is 0 Å². The van der Waals surface area contributed by atoms with E-state index in [1.165, 1.54) is 0 Å². The molecule has 0 aliphatic heterocycles. The molecule has 1 atom stereocenters. The minimum Gasteiger partial charge on any atom is -0.481 e. The fourth-order valence-corrected chi connectivity index (χ4v) is 3.31. The number of hydrogen-bond donors (Lipinski definition) is 1. The van der Waals surface area contributed by atoms with E-state index in [1.54, 1.807) is 14.2 Å². The maximum atomic E-state index is 10.5. The molecule has 1 N–H and O–H groups in total. The van der Waals surface area contributed by atoms with Crippen LogP contribution in [0, 0.1) is 0 Å². The van der Waals surface area contributed by atoms with Crippen molar-refractivity contribution in [2.45, 2.75) is 32.2 Å². The fourth-order valence-electron chi connectivity index (χ4n) is 1.76. The van der Waals surface area contributed by atoms with Crippen LogP contribution in [-0.2, 0) is 13.6 Å². The molecular formula is C11H25NO4Si. The number of carbonyl (C=O) groups is 1. The Labute approximate surface area is 106 Å². The third-order valence-electron chi connectivity index (χ3n) is 2.92. The van der Waals surface area contributed by atoms with Crippen molar-refractivity contribution in [2.24, 2.45) is 0 Å². The topological polar surface area (TPSA) is 59.0 Å². The van der Waals surface area contributed by atoms with Crippen molar-refractivity contribution in [3.63, 3.8) is 0 Å². The van der Waals surface area contributed by atoms with Gasteiger partial charge in [-0.1, -0.05) is 13.8 Å². The monoisotopic (exact) mass is 263 g/mol. The zero-order chi connectivity index (χ0) is 13.3. The molecule has 0 heterocycles. The van der Waals surface area contributed by atoms with Crippen LogP contribution in [0.2, 0.25) is 5.54 Å². The van der Waals surface area contributed by atoms with Gasteiger partial charge in [0.2, 0.25) is 0 Å². The molecule has 0 bridgehead atoms. The van der Waals surface area contributed by atoms with Gasteiger partial charge in [0.1, 0.15) is 0 Å². The summed E-state index contributed by atoms with van der Waals surface area (Å²) in [7, 11) is 1.85. The second-order valence-corrected chi connectivity index (χ2v) is 7.00. The van der Waals surface area contributed by atoms with Gasteiger partial charge >= 0.3 is 15.3 Å². The Morgan fingerprint density at radius 3 is 2.35 bits per heavy atom. The molecule has 0 aromatic rings. The van der Waals surface area contributed by atoms with Crippen LogP contribution in [-0.4, -0.2) is 59.1 Å². The molecule has 0 saturated heterocycles. The van der Waals surface area contributed by atoms with Crippen LogP contribution >= 0.6 is 0 Å². The fraction of sp³-hybridized carbons (Fsp3) is 0.909. The molecule has 1 unspecified atom stereocenters. The van der Waals surface area contributed by atoms with Gasteiger partial charge in [0.05, 0.1) is 6.42 Å². The molecule has 102 valence electrons. The van der Waals surface area contributed by atoms with Gasteiger partial charge in [-0.2, -0.15) is 0 Å². The average molecular weight is 263 g/mol. The molecule has 0 aromatic heterocycles. The van der Waals surface area contributed by atoms with Crippen LogP contribution in [0.15, 0.2) is 0 Å². The molecule has 0 aliphatic rings. The largest absolute Gasteiger partial charge is 0.481 e. The Morgan fingerprint density at radius 1 is 1.35 bits per heavy atom. The van der Waals surface area contributed by atoms with E-state index in [9.17, 15) is 4.79 Å². The van der Waals surface area contributed by atoms with Crippen molar-refractivity contribution in [3.05, 3.63) is 0 Å². The second kappa shape index (κ2) is 9.58. The zero-order valence-electron chi connectivity index (χ0n) is 11.3. The van der Waals surface area contributed by atoms with Crippen LogP contribution in [0.5, 0.6) is 0 Å². The summed E-state index contributed by atoms with van der Waals surface area (Å²) in [6.45, 7) is 6.58. The first kappa shape index (κ1) is 16.6. The lowest BCUT2D eigenvalue weighted by molar-refractivity contribution is -0.137. The third kappa shape index (κ3) is 7.48. The zero-order valence-corrected chi connectivity index (χ0v) is 12.5. The Morgan fingerprint density at radius 2 is 1.94 bits per heavy atom.